The molecule has 0 amide bonds. The van der Waals surface area contributed by atoms with Gasteiger partial charge in [-0.2, -0.15) is 0 Å². The minimum Gasteiger partial charge on any atom is -0.486 e. The number of benzene rings is 1. The molecule has 1 aliphatic heterocycles. The molecule has 0 radical (unpaired) electrons. The van der Waals surface area contributed by atoms with Gasteiger partial charge in [0, 0.05) is 23.4 Å². The fraction of sp³-hybridized carbons (Fsp3) is 0.312. The van der Waals surface area contributed by atoms with Gasteiger partial charge in [-0.1, -0.05) is 0 Å². The third kappa shape index (κ3) is 3.61. The number of anilines is 1. The normalized spacial score (nSPS) is 13.0. The van der Waals surface area contributed by atoms with Crippen LogP contribution in [-0.4, -0.2) is 24.7 Å². The highest BCUT2D eigenvalue weighted by Gasteiger charge is 2.11. The second kappa shape index (κ2) is 6.72. The molecule has 0 saturated carbocycles. The minimum atomic E-state index is 0.623. The highest BCUT2D eigenvalue weighted by Crippen LogP contribution is 2.35. The molecular weight excluding hydrogens is 284 g/mol. The summed E-state index contributed by atoms with van der Waals surface area (Å²) in [4.78, 5) is 5.47. The van der Waals surface area contributed by atoms with Crippen LogP contribution in [0.3, 0.4) is 0 Å². The summed E-state index contributed by atoms with van der Waals surface area (Å²) in [6, 6.07) is 10.2. The third-order valence-electron chi connectivity index (χ3n) is 3.10. The standard InChI is InChI=1S/C16H18N2O2S/c1-2-17-16-9-12(5-6-18-16)11-21-13-3-4-14-15(10-13)20-8-7-19-14/h3-6,9-10H,2,7-8,11H2,1H3,(H,17,18). The van der Waals surface area contributed by atoms with Crippen molar-refractivity contribution in [1.29, 1.82) is 0 Å². The maximum Gasteiger partial charge on any atom is 0.162 e. The first-order valence-corrected chi connectivity index (χ1v) is 8.05. The van der Waals surface area contributed by atoms with Crippen LogP contribution in [0.15, 0.2) is 41.4 Å². The molecule has 0 atom stereocenters. The topological polar surface area (TPSA) is 43.4 Å². The summed E-state index contributed by atoms with van der Waals surface area (Å²) in [7, 11) is 0. The summed E-state index contributed by atoms with van der Waals surface area (Å²) in [5, 5.41) is 3.23. The van der Waals surface area contributed by atoms with Crippen LogP contribution < -0.4 is 14.8 Å². The number of thioether (sulfide) groups is 1. The number of fused-ring (bicyclic) bond motifs is 1. The van der Waals surface area contributed by atoms with E-state index in [4.69, 9.17) is 9.47 Å². The quantitative estimate of drug-likeness (QED) is 0.855. The van der Waals surface area contributed by atoms with E-state index in [1.165, 1.54) is 10.5 Å². The predicted molar refractivity (Wildman–Crippen MR) is 85.4 cm³/mol. The van der Waals surface area contributed by atoms with Crippen molar-refractivity contribution in [3.8, 4) is 11.5 Å². The number of nitrogens with zero attached hydrogens (tertiary/aromatic N) is 1. The molecular formula is C16H18N2O2S. The Morgan fingerprint density at radius 2 is 2.00 bits per heavy atom. The number of hydrogen-bond donors (Lipinski definition) is 1. The van der Waals surface area contributed by atoms with E-state index in [1.807, 2.05) is 24.4 Å². The highest BCUT2D eigenvalue weighted by molar-refractivity contribution is 7.98. The molecule has 1 N–H and O–H groups in total. The van der Waals surface area contributed by atoms with Gasteiger partial charge in [0.2, 0.25) is 0 Å². The summed E-state index contributed by atoms with van der Waals surface area (Å²) in [6.07, 6.45) is 1.84. The number of hydrogen-bond acceptors (Lipinski definition) is 5. The average molecular weight is 302 g/mol. The zero-order chi connectivity index (χ0) is 14.5. The number of aromatic nitrogens is 1. The Bertz CT molecular complexity index is 619. The summed E-state index contributed by atoms with van der Waals surface area (Å²) < 4.78 is 11.1. The van der Waals surface area contributed by atoms with Crippen LogP contribution in [0.4, 0.5) is 5.82 Å². The molecule has 0 saturated heterocycles. The Hall–Kier alpha value is -1.88. The fourth-order valence-electron chi connectivity index (χ4n) is 2.12. The Morgan fingerprint density at radius 3 is 2.86 bits per heavy atom. The highest BCUT2D eigenvalue weighted by atomic mass is 32.2. The van der Waals surface area contributed by atoms with Gasteiger partial charge in [0.1, 0.15) is 19.0 Å². The molecule has 5 heteroatoms. The Labute approximate surface area is 128 Å². The van der Waals surface area contributed by atoms with E-state index in [-0.39, 0.29) is 0 Å². The van der Waals surface area contributed by atoms with Crippen molar-refractivity contribution >= 4 is 17.6 Å². The van der Waals surface area contributed by atoms with Crippen molar-refractivity contribution in [2.24, 2.45) is 0 Å². The zero-order valence-electron chi connectivity index (χ0n) is 12.0. The van der Waals surface area contributed by atoms with Crippen molar-refractivity contribution in [3.05, 3.63) is 42.1 Å². The van der Waals surface area contributed by atoms with Gasteiger partial charge in [-0.15, -0.1) is 11.8 Å². The fourth-order valence-corrected chi connectivity index (χ4v) is 2.99. The molecule has 1 aliphatic rings. The van der Waals surface area contributed by atoms with Gasteiger partial charge in [0.05, 0.1) is 0 Å². The second-order valence-electron chi connectivity index (χ2n) is 4.67. The van der Waals surface area contributed by atoms with E-state index >= 15 is 0 Å². The first kappa shape index (κ1) is 14.1. The summed E-state index contributed by atoms with van der Waals surface area (Å²) >= 11 is 1.78. The Morgan fingerprint density at radius 1 is 1.14 bits per heavy atom. The van der Waals surface area contributed by atoms with Crippen LogP contribution in [0.2, 0.25) is 0 Å². The molecule has 110 valence electrons. The third-order valence-corrected chi connectivity index (χ3v) is 4.17. The van der Waals surface area contributed by atoms with E-state index in [2.05, 4.69) is 29.4 Å². The number of rotatable bonds is 5. The maximum atomic E-state index is 5.61. The van der Waals surface area contributed by atoms with E-state index in [0.717, 1.165) is 29.6 Å². The van der Waals surface area contributed by atoms with Crippen molar-refractivity contribution in [2.45, 2.75) is 17.6 Å². The van der Waals surface area contributed by atoms with Gasteiger partial charge in [0.15, 0.2) is 11.5 Å². The van der Waals surface area contributed by atoms with Crippen LogP contribution in [0.1, 0.15) is 12.5 Å². The monoisotopic (exact) mass is 302 g/mol. The molecule has 3 rings (SSSR count). The molecule has 2 heterocycles. The molecule has 0 spiro atoms. The van der Waals surface area contributed by atoms with Crippen LogP contribution in [-0.2, 0) is 5.75 Å². The number of pyridine rings is 1. The van der Waals surface area contributed by atoms with Crippen molar-refractivity contribution < 1.29 is 9.47 Å². The van der Waals surface area contributed by atoms with Gasteiger partial charge in [-0.05, 0) is 42.8 Å². The lowest BCUT2D eigenvalue weighted by Crippen LogP contribution is -2.15. The number of ether oxygens (including phenoxy) is 2. The van der Waals surface area contributed by atoms with Gasteiger partial charge in [-0.3, -0.25) is 0 Å². The molecule has 0 unspecified atom stereocenters. The van der Waals surface area contributed by atoms with Crippen molar-refractivity contribution in [1.82, 2.24) is 4.98 Å². The lowest BCUT2D eigenvalue weighted by molar-refractivity contribution is 0.171. The smallest absolute Gasteiger partial charge is 0.162 e. The predicted octanol–water partition coefficient (Wildman–Crippen LogP) is 3.58. The average Bonchev–Trinajstić information content (AvgIpc) is 2.53. The van der Waals surface area contributed by atoms with Crippen LogP contribution in [0.5, 0.6) is 11.5 Å². The van der Waals surface area contributed by atoms with E-state index in [1.54, 1.807) is 11.8 Å². The lowest BCUT2D eigenvalue weighted by atomic mass is 10.3. The molecule has 1 aromatic carbocycles. The van der Waals surface area contributed by atoms with Gasteiger partial charge >= 0.3 is 0 Å². The van der Waals surface area contributed by atoms with Gasteiger partial charge in [0.25, 0.3) is 0 Å². The van der Waals surface area contributed by atoms with Crippen LogP contribution in [0, 0.1) is 0 Å². The van der Waals surface area contributed by atoms with Gasteiger partial charge in [-0.25, -0.2) is 4.98 Å². The SMILES string of the molecule is CCNc1cc(CSc2ccc3c(c2)OCCO3)ccn1. The molecule has 21 heavy (non-hydrogen) atoms. The number of nitrogens with one attached hydrogen (secondary N) is 1. The van der Waals surface area contributed by atoms with Crippen LogP contribution in [0.25, 0.3) is 0 Å². The van der Waals surface area contributed by atoms with E-state index in [9.17, 15) is 0 Å². The van der Waals surface area contributed by atoms with Crippen molar-refractivity contribution in [3.63, 3.8) is 0 Å². The molecule has 0 bridgehead atoms. The Balaban J connectivity index is 1.66. The molecule has 0 aliphatic carbocycles. The molecule has 4 nitrogen and oxygen atoms in total. The zero-order valence-corrected chi connectivity index (χ0v) is 12.8. The van der Waals surface area contributed by atoms with E-state index in [0.29, 0.717) is 13.2 Å². The summed E-state index contributed by atoms with van der Waals surface area (Å²) in [5.41, 5.74) is 1.25. The largest absolute Gasteiger partial charge is 0.486 e. The lowest BCUT2D eigenvalue weighted by Gasteiger charge is -2.18. The van der Waals surface area contributed by atoms with Crippen LogP contribution >= 0.6 is 11.8 Å². The molecule has 0 fully saturated rings. The first-order chi connectivity index (χ1) is 10.3. The Kier molecular flexibility index (Phi) is 4.50. The summed E-state index contributed by atoms with van der Waals surface area (Å²) in [6.45, 7) is 4.20. The maximum absolute atomic E-state index is 5.61. The second-order valence-corrected chi connectivity index (χ2v) is 5.72. The molecule has 1 aromatic heterocycles. The van der Waals surface area contributed by atoms with E-state index < -0.39 is 0 Å². The first-order valence-electron chi connectivity index (χ1n) is 7.06. The molecule has 2 aromatic rings. The van der Waals surface area contributed by atoms with Gasteiger partial charge < -0.3 is 14.8 Å². The minimum absolute atomic E-state index is 0.623. The van der Waals surface area contributed by atoms with Crippen molar-refractivity contribution in [2.75, 3.05) is 25.1 Å². The summed E-state index contributed by atoms with van der Waals surface area (Å²) in [5.74, 6) is 3.51.